The number of hydrogen-bond acceptors (Lipinski definition) is 5. The van der Waals surface area contributed by atoms with Crippen molar-refractivity contribution in [3.63, 3.8) is 0 Å². The summed E-state index contributed by atoms with van der Waals surface area (Å²) in [6.07, 6.45) is 14.0. The molecule has 0 heterocycles. The summed E-state index contributed by atoms with van der Waals surface area (Å²) in [5, 5.41) is 21.6. The average molecular weight is 569 g/mol. The molecular formula is C35H52O6. The van der Waals surface area contributed by atoms with E-state index in [0.29, 0.717) is 49.4 Å². The fourth-order valence-corrected chi connectivity index (χ4v) is 5.47. The number of benzene rings is 1. The van der Waals surface area contributed by atoms with E-state index in [0.717, 1.165) is 37.7 Å². The molecular weight excluding hydrogens is 516 g/mol. The first-order valence-corrected chi connectivity index (χ1v) is 15.0. The molecule has 228 valence electrons. The molecule has 2 unspecified atom stereocenters. The highest BCUT2D eigenvalue weighted by Gasteiger charge is 2.34. The lowest BCUT2D eigenvalue weighted by Gasteiger charge is -2.33. The molecule has 0 amide bonds. The lowest BCUT2D eigenvalue weighted by Crippen LogP contribution is -2.31. The summed E-state index contributed by atoms with van der Waals surface area (Å²) in [5.41, 5.74) is 2.50. The van der Waals surface area contributed by atoms with E-state index in [-0.39, 0.29) is 35.4 Å². The number of allylic oxidation sites excluding steroid dienone is 3. The molecule has 1 aliphatic rings. The van der Waals surface area contributed by atoms with E-state index < -0.39 is 11.6 Å². The number of unbranched alkanes of at least 4 members (excludes halogenated alkanes) is 2. The van der Waals surface area contributed by atoms with Crippen molar-refractivity contribution < 1.29 is 29.2 Å². The van der Waals surface area contributed by atoms with E-state index in [1.807, 2.05) is 40.7 Å². The monoisotopic (exact) mass is 568 g/mol. The van der Waals surface area contributed by atoms with Crippen LogP contribution in [0.1, 0.15) is 121 Å². The highest BCUT2D eigenvalue weighted by atomic mass is 16.5. The second-order valence-corrected chi connectivity index (χ2v) is 12.7. The summed E-state index contributed by atoms with van der Waals surface area (Å²) in [6, 6.07) is 1.83. The zero-order valence-corrected chi connectivity index (χ0v) is 26.4. The first-order valence-electron chi connectivity index (χ1n) is 15.0. The molecule has 1 aromatic carbocycles. The highest BCUT2D eigenvalue weighted by molar-refractivity contribution is 5.94. The molecule has 0 saturated heterocycles. The van der Waals surface area contributed by atoms with Crippen LogP contribution in [0.15, 0.2) is 29.9 Å². The van der Waals surface area contributed by atoms with Gasteiger partial charge in [-0.2, -0.15) is 0 Å². The molecule has 0 aromatic heterocycles. The topological polar surface area (TPSA) is 85.2 Å². The summed E-state index contributed by atoms with van der Waals surface area (Å²) < 4.78 is 18.4. The number of carbonyl (C=O) groups is 1. The van der Waals surface area contributed by atoms with Crippen molar-refractivity contribution in [3.8, 4) is 23.8 Å². The number of aryl methyl sites for hydroxylation is 1. The number of aromatic hydroxyl groups is 1. The van der Waals surface area contributed by atoms with Gasteiger partial charge in [0.1, 0.15) is 23.7 Å². The number of phenols is 1. The summed E-state index contributed by atoms with van der Waals surface area (Å²) in [4.78, 5) is 12.4. The van der Waals surface area contributed by atoms with Crippen LogP contribution in [0.4, 0.5) is 0 Å². The van der Waals surface area contributed by atoms with Crippen LogP contribution in [-0.2, 0) is 15.9 Å². The molecule has 2 atom stereocenters. The van der Waals surface area contributed by atoms with Gasteiger partial charge < -0.3 is 24.4 Å². The Morgan fingerprint density at radius 1 is 1.15 bits per heavy atom. The van der Waals surface area contributed by atoms with Gasteiger partial charge in [-0.3, -0.25) is 0 Å². The Kier molecular flexibility index (Phi) is 13.0. The summed E-state index contributed by atoms with van der Waals surface area (Å²) in [5.74, 6) is 1.70. The SMILES string of the molecule is C#CCC(C)(C)OCCC(C)(C)OCCOc1cc(CCCCC)c(C(=O)O)c(O)c1C1C=C(C)CCC1C(=C)C. The van der Waals surface area contributed by atoms with Crippen molar-refractivity contribution in [1.29, 1.82) is 0 Å². The highest BCUT2D eigenvalue weighted by Crippen LogP contribution is 2.48. The van der Waals surface area contributed by atoms with Crippen LogP contribution in [-0.4, -0.2) is 47.2 Å². The molecule has 0 bridgehead atoms. The molecule has 6 heteroatoms. The lowest BCUT2D eigenvalue weighted by atomic mass is 9.73. The maximum absolute atomic E-state index is 12.4. The third-order valence-corrected chi connectivity index (χ3v) is 7.92. The predicted octanol–water partition coefficient (Wildman–Crippen LogP) is 8.22. The molecule has 0 saturated carbocycles. The van der Waals surface area contributed by atoms with Gasteiger partial charge in [-0.1, -0.05) is 43.6 Å². The van der Waals surface area contributed by atoms with Crippen LogP contribution >= 0.6 is 0 Å². The van der Waals surface area contributed by atoms with Crippen LogP contribution in [0.5, 0.6) is 11.5 Å². The van der Waals surface area contributed by atoms with Gasteiger partial charge in [-0.25, -0.2) is 4.79 Å². The molecule has 1 aromatic rings. The smallest absolute Gasteiger partial charge is 0.339 e. The second-order valence-electron chi connectivity index (χ2n) is 12.7. The molecule has 0 radical (unpaired) electrons. The zero-order chi connectivity index (χ0) is 30.8. The Bertz CT molecular complexity index is 1120. The first-order chi connectivity index (χ1) is 19.2. The van der Waals surface area contributed by atoms with E-state index in [2.05, 4.69) is 32.4 Å². The van der Waals surface area contributed by atoms with E-state index in [9.17, 15) is 15.0 Å². The van der Waals surface area contributed by atoms with Gasteiger partial charge in [0.25, 0.3) is 0 Å². The molecule has 2 N–H and O–H groups in total. The third-order valence-electron chi connectivity index (χ3n) is 7.92. The second kappa shape index (κ2) is 15.5. The Balaban J connectivity index is 2.31. The fraction of sp³-hybridized carbons (Fsp3) is 0.629. The molecule has 0 aliphatic heterocycles. The van der Waals surface area contributed by atoms with E-state index in [4.69, 9.17) is 20.6 Å². The fourth-order valence-electron chi connectivity index (χ4n) is 5.47. The molecule has 6 nitrogen and oxygen atoms in total. The van der Waals surface area contributed by atoms with Crippen molar-refractivity contribution in [2.75, 3.05) is 19.8 Å². The molecule has 0 spiro atoms. The quantitative estimate of drug-likeness (QED) is 0.112. The lowest BCUT2D eigenvalue weighted by molar-refractivity contribution is -0.0751. The number of ether oxygens (including phenoxy) is 3. The van der Waals surface area contributed by atoms with Gasteiger partial charge in [-0.15, -0.1) is 12.3 Å². The van der Waals surface area contributed by atoms with Gasteiger partial charge in [0.05, 0.1) is 24.4 Å². The van der Waals surface area contributed by atoms with Crippen molar-refractivity contribution >= 4 is 5.97 Å². The van der Waals surface area contributed by atoms with Crippen LogP contribution in [0.2, 0.25) is 0 Å². The van der Waals surface area contributed by atoms with Crippen LogP contribution in [0.25, 0.3) is 0 Å². The zero-order valence-electron chi connectivity index (χ0n) is 26.4. The number of hydrogen-bond donors (Lipinski definition) is 2. The summed E-state index contributed by atoms with van der Waals surface area (Å²) >= 11 is 0. The van der Waals surface area contributed by atoms with Crippen LogP contribution < -0.4 is 4.74 Å². The van der Waals surface area contributed by atoms with E-state index >= 15 is 0 Å². The van der Waals surface area contributed by atoms with E-state index in [1.54, 1.807) is 0 Å². The Labute approximate surface area is 248 Å². The number of aromatic carboxylic acids is 1. The Morgan fingerprint density at radius 3 is 2.44 bits per heavy atom. The standard InChI is InChI=1S/C35H52O6/c1-10-12-13-14-26-23-29(39-20-21-41-35(8,9)18-19-40-34(6,7)17-11-2)31(32(36)30(26)33(37)38)28-22-25(5)15-16-27(28)24(3)4/h2,22-23,27-28,36H,3,10,12-21H2,1,4-9H3,(H,37,38). The van der Waals surface area contributed by atoms with Gasteiger partial charge in [0.15, 0.2) is 0 Å². The molecule has 41 heavy (non-hydrogen) atoms. The van der Waals surface area contributed by atoms with Crippen molar-refractivity contribution in [2.45, 2.75) is 117 Å². The molecule has 1 aliphatic carbocycles. The maximum Gasteiger partial charge on any atom is 0.339 e. The number of carboxylic acid groups (broad SMARTS) is 1. The Hall–Kier alpha value is -2.75. The maximum atomic E-state index is 12.4. The number of terminal acetylenes is 1. The van der Waals surface area contributed by atoms with Crippen molar-refractivity contribution in [1.82, 2.24) is 0 Å². The summed E-state index contributed by atoms with van der Waals surface area (Å²) in [7, 11) is 0. The molecule has 2 rings (SSSR count). The Morgan fingerprint density at radius 2 is 1.83 bits per heavy atom. The largest absolute Gasteiger partial charge is 0.507 e. The minimum atomic E-state index is -1.12. The van der Waals surface area contributed by atoms with Crippen LogP contribution in [0.3, 0.4) is 0 Å². The van der Waals surface area contributed by atoms with Crippen LogP contribution in [0, 0.1) is 18.3 Å². The number of rotatable bonds is 17. The predicted molar refractivity (Wildman–Crippen MR) is 166 cm³/mol. The first kappa shape index (κ1) is 34.5. The third kappa shape index (κ3) is 10.2. The summed E-state index contributed by atoms with van der Waals surface area (Å²) in [6.45, 7) is 19.5. The van der Waals surface area contributed by atoms with Crippen molar-refractivity contribution in [3.05, 3.63) is 46.6 Å². The minimum Gasteiger partial charge on any atom is -0.507 e. The normalized spacial score (nSPS) is 17.6. The average Bonchev–Trinajstić information content (AvgIpc) is 2.86. The number of carboxylic acids is 1. The van der Waals surface area contributed by atoms with Crippen molar-refractivity contribution in [2.24, 2.45) is 5.92 Å². The van der Waals surface area contributed by atoms with Gasteiger partial charge >= 0.3 is 5.97 Å². The van der Waals surface area contributed by atoms with Gasteiger partial charge in [0.2, 0.25) is 0 Å². The van der Waals surface area contributed by atoms with E-state index in [1.165, 1.54) is 5.57 Å². The van der Waals surface area contributed by atoms with Gasteiger partial charge in [0, 0.05) is 17.9 Å². The molecule has 0 fully saturated rings. The van der Waals surface area contributed by atoms with Gasteiger partial charge in [-0.05, 0) is 91.2 Å². The minimum absolute atomic E-state index is 0.0225.